The van der Waals surface area contributed by atoms with Crippen LogP contribution in [-0.2, 0) is 0 Å². The Morgan fingerprint density at radius 3 is 2.13 bits per heavy atom. The van der Waals surface area contributed by atoms with E-state index in [9.17, 15) is 0 Å². The van der Waals surface area contributed by atoms with Gasteiger partial charge in [0.2, 0.25) is 0 Å². The summed E-state index contributed by atoms with van der Waals surface area (Å²) in [5.41, 5.74) is 0. The van der Waals surface area contributed by atoms with Crippen molar-refractivity contribution in [2.24, 2.45) is 17.8 Å². The molecule has 0 amide bonds. The molecule has 1 saturated carbocycles. The van der Waals surface area contributed by atoms with Gasteiger partial charge in [0.05, 0.1) is 0 Å². The number of hydrogen-bond acceptors (Lipinski definition) is 1. The normalized spacial score (nSPS) is 31.2. The smallest absolute Gasteiger partial charge is 0.00668 e. The molecule has 1 aliphatic rings. The van der Waals surface area contributed by atoms with E-state index in [1.165, 1.54) is 32.1 Å². The molecule has 0 aromatic heterocycles. The highest BCUT2D eigenvalue weighted by Gasteiger charge is 2.26. The molecule has 0 aromatic rings. The summed E-state index contributed by atoms with van der Waals surface area (Å²) in [5.74, 6) is 2.85. The first-order chi connectivity index (χ1) is 7.19. The zero-order valence-electron chi connectivity index (χ0n) is 11.1. The molecule has 1 aliphatic carbocycles. The van der Waals surface area contributed by atoms with Crippen molar-refractivity contribution in [2.75, 3.05) is 6.54 Å². The number of hydrogen-bond donors (Lipinski definition) is 1. The van der Waals surface area contributed by atoms with Crippen LogP contribution in [0.15, 0.2) is 0 Å². The van der Waals surface area contributed by atoms with E-state index in [1.54, 1.807) is 0 Å². The average molecular weight is 211 g/mol. The fraction of sp³-hybridized carbons (Fsp3) is 1.00. The van der Waals surface area contributed by atoms with Crippen molar-refractivity contribution in [1.29, 1.82) is 0 Å². The third-order valence-corrected chi connectivity index (χ3v) is 4.53. The second kappa shape index (κ2) is 6.52. The molecule has 1 heteroatoms. The first-order valence-electron chi connectivity index (χ1n) is 6.92. The Balaban J connectivity index is 2.32. The minimum Gasteiger partial charge on any atom is -0.314 e. The summed E-state index contributed by atoms with van der Waals surface area (Å²) in [4.78, 5) is 0. The predicted octanol–water partition coefficient (Wildman–Crippen LogP) is 3.84. The van der Waals surface area contributed by atoms with E-state index in [2.05, 4.69) is 33.0 Å². The Morgan fingerprint density at radius 1 is 1.07 bits per heavy atom. The topological polar surface area (TPSA) is 12.0 Å². The molecule has 0 aromatic carbocycles. The molecular formula is C14H29N. The summed E-state index contributed by atoms with van der Waals surface area (Å²) in [6.07, 6.45) is 7.28. The second-order valence-corrected chi connectivity index (χ2v) is 5.39. The van der Waals surface area contributed by atoms with Gasteiger partial charge in [-0.2, -0.15) is 0 Å². The van der Waals surface area contributed by atoms with Gasteiger partial charge in [0.15, 0.2) is 0 Å². The lowest BCUT2D eigenvalue weighted by molar-refractivity contribution is 0.183. The van der Waals surface area contributed by atoms with Crippen LogP contribution in [0.5, 0.6) is 0 Å². The van der Waals surface area contributed by atoms with Gasteiger partial charge in [0.25, 0.3) is 0 Å². The summed E-state index contributed by atoms with van der Waals surface area (Å²) in [5, 5.41) is 3.57. The lowest BCUT2D eigenvalue weighted by Crippen LogP contribution is -2.37. The fourth-order valence-electron chi connectivity index (χ4n) is 3.04. The van der Waals surface area contributed by atoms with Crippen molar-refractivity contribution in [2.45, 2.75) is 65.8 Å². The molecule has 2 atom stereocenters. The van der Waals surface area contributed by atoms with Crippen LogP contribution in [0, 0.1) is 17.8 Å². The average Bonchev–Trinajstić information content (AvgIpc) is 2.28. The van der Waals surface area contributed by atoms with Crippen LogP contribution in [0.4, 0.5) is 0 Å². The molecule has 0 spiro atoms. The molecular weight excluding hydrogens is 182 g/mol. The predicted molar refractivity (Wildman–Crippen MR) is 68.0 cm³/mol. The van der Waals surface area contributed by atoms with Crippen molar-refractivity contribution in [1.82, 2.24) is 5.32 Å². The van der Waals surface area contributed by atoms with E-state index in [0.29, 0.717) is 6.04 Å². The van der Waals surface area contributed by atoms with Crippen molar-refractivity contribution >= 4 is 0 Å². The summed E-state index contributed by atoms with van der Waals surface area (Å²) >= 11 is 0. The minimum absolute atomic E-state index is 0.693. The third kappa shape index (κ3) is 3.79. The van der Waals surface area contributed by atoms with Crippen LogP contribution in [0.1, 0.15) is 59.8 Å². The Morgan fingerprint density at radius 2 is 1.67 bits per heavy atom. The molecule has 0 saturated heterocycles. The van der Waals surface area contributed by atoms with Gasteiger partial charge >= 0.3 is 0 Å². The van der Waals surface area contributed by atoms with Gasteiger partial charge in [-0.15, -0.1) is 0 Å². The Bertz CT molecular complexity index is 159. The first kappa shape index (κ1) is 13.0. The highest BCUT2D eigenvalue weighted by atomic mass is 14.9. The van der Waals surface area contributed by atoms with Gasteiger partial charge in [0.1, 0.15) is 0 Å². The molecule has 1 nitrogen and oxygen atoms in total. The summed E-state index contributed by atoms with van der Waals surface area (Å²) in [6.45, 7) is 10.4. The molecule has 1 fully saturated rings. The molecule has 0 heterocycles. The van der Waals surface area contributed by atoms with E-state index in [0.717, 1.165) is 24.3 Å². The Labute approximate surface area is 96.0 Å². The summed E-state index contributed by atoms with van der Waals surface area (Å²) < 4.78 is 0. The monoisotopic (exact) mass is 211 g/mol. The molecule has 15 heavy (non-hydrogen) atoms. The van der Waals surface area contributed by atoms with Gasteiger partial charge in [0, 0.05) is 6.04 Å². The summed E-state index contributed by atoms with van der Waals surface area (Å²) in [6, 6.07) is 0.693. The highest BCUT2D eigenvalue weighted by Crippen LogP contribution is 2.35. The van der Waals surface area contributed by atoms with Crippen molar-refractivity contribution in [3.63, 3.8) is 0 Å². The quantitative estimate of drug-likeness (QED) is 0.728. The summed E-state index contributed by atoms with van der Waals surface area (Å²) in [7, 11) is 0. The molecule has 1 N–H and O–H groups in total. The van der Waals surface area contributed by atoms with Gasteiger partial charge in [-0.05, 0) is 44.1 Å². The van der Waals surface area contributed by atoms with Gasteiger partial charge < -0.3 is 5.32 Å². The molecule has 0 bridgehead atoms. The molecule has 2 unspecified atom stereocenters. The SMILES string of the molecule is CCNC(C)C(C)C1CCC(CC)CC1. The van der Waals surface area contributed by atoms with E-state index in [4.69, 9.17) is 0 Å². The van der Waals surface area contributed by atoms with Crippen LogP contribution in [0.25, 0.3) is 0 Å². The van der Waals surface area contributed by atoms with Crippen LogP contribution >= 0.6 is 0 Å². The lowest BCUT2D eigenvalue weighted by atomic mass is 9.74. The van der Waals surface area contributed by atoms with E-state index in [1.807, 2.05) is 0 Å². The van der Waals surface area contributed by atoms with Crippen molar-refractivity contribution in [3.8, 4) is 0 Å². The van der Waals surface area contributed by atoms with Crippen LogP contribution in [0.3, 0.4) is 0 Å². The van der Waals surface area contributed by atoms with Crippen LogP contribution in [-0.4, -0.2) is 12.6 Å². The first-order valence-corrected chi connectivity index (χ1v) is 6.92. The molecule has 90 valence electrons. The van der Waals surface area contributed by atoms with Gasteiger partial charge in [-0.1, -0.05) is 40.0 Å². The van der Waals surface area contributed by atoms with Gasteiger partial charge in [-0.3, -0.25) is 0 Å². The van der Waals surface area contributed by atoms with E-state index in [-0.39, 0.29) is 0 Å². The standard InChI is InChI=1S/C14H29N/c1-5-13-7-9-14(10-8-13)11(3)12(4)15-6-2/h11-15H,5-10H2,1-4H3. The Kier molecular flexibility index (Phi) is 5.66. The molecule has 0 radical (unpaired) electrons. The second-order valence-electron chi connectivity index (χ2n) is 5.39. The maximum absolute atomic E-state index is 3.57. The number of rotatable bonds is 5. The zero-order valence-corrected chi connectivity index (χ0v) is 11.1. The number of nitrogens with one attached hydrogen (secondary N) is 1. The maximum atomic E-state index is 3.57. The Hall–Kier alpha value is -0.0400. The van der Waals surface area contributed by atoms with Crippen molar-refractivity contribution < 1.29 is 0 Å². The minimum atomic E-state index is 0.693. The zero-order chi connectivity index (χ0) is 11.3. The molecule has 0 aliphatic heterocycles. The fourth-order valence-corrected chi connectivity index (χ4v) is 3.04. The third-order valence-electron chi connectivity index (χ3n) is 4.53. The van der Waals surface area contributed by atoms with E-state index >= 15 is 0 Å². The maximum Gasteiger partial charge on any atom is 0.00668 e. The highest BCUT2D eigenvalue weighted by molar-refractivity contribution is 4.80. The van der Waals surface area contributed by atoms with Crippen LogP contribution in [0.2, 0.25) is 0 Å². The lowest BCUT2D eigenvalue weighted by Gasteiger charge is -2.35. The molecule has 1 rings (SSSR count). The largest absolute Gasteiger partial charge is 0.314 e. The van der Waals surface area contributed by atoms with E-state index < -0.39 is 0 Å². The van der Waals surface area contributed by atoms with Crippen molar-refractivity contribution in [3.05, 3.63) is 0 Å². The van der Waals surface area contributed by atoms with Crippen LogP contribution < -0.4 is 5.32 Å². The van der Waals surface area contributed by atoms with Gasteiger partial charge in [-0.25, -0.2) is 0 Å².